The topological polar surface area (TPSA) is 58.2 Å². The maximum Gasteiger partial charge on any atom is 0.253 e. The number of anilines is 1. The van der Waals surface area contributed by atoms with Crippen molar-refractivity contribution in [1.82, 2.24) is 5.32 Å². The van der Waals surface area contributed by atoms with Crippen LogP contribution in [0.4, 0.5) is 5.69 Å². The van der Waals surface area contributed by atoms with Gasteiger partial charge in [-0.25, -0.2) is 0 Å². The van der Waals surface area contributed by atoms with Gasteiger partial charge in [0.25, 0.3) is 5.91 Å². The zero-order valence-electron chi connectivity index (χ0n) is 14.7. The van der Waals surface area contributed by atoms with Gasteiger partial charge in [0.05, 0.1) is 11.3 Å². The number of nitrogens with one attached hydrogen (secondary N) is 2. The Hall–Kier alpha value is -1.84. The van der Waals surface area contributed by atoms with Crippen molar-refractivity contribution in [3.8, 4) is 0 Å². The number of carbonyl (C=O) groups excluding carboxylic acids is 2. The fourth-order valence-corrected chi connectivity index (χ4v) is 2.47. The summed E-state index contributed by atoms with van der Waals surface area (Å²) in [6, 6.07) is 7.20. The summed E-state index contributed by atoms with van der Waals surface area (Å²) in [5, 5.41) is 5.84. The molecule has 0 heterocycles. The van der Waals surface area contributed by atoms with E-state index in [1.807, 2.05) is 19.1 Å². The van der Waals surface area contributed by atoms with Crippen LogP contribution < -0.4 is 10.6 Å². The summed E-state index contributed by atoms with van der Waals surface area (Å²) in [6.07, 6.45) is 5.83. The highest BCUT2D eigenvalue weighted by atomic mass is 16.2. The molecule has 23 heavy (non-hydrogen) atoms. The van der Waals surface area contributed by atoms with E-state index in [0.29, 0.717) is 17.8 Å². The molecule has 2 N–H and O–H groups in total. The number of carbonyl (C=O) groups is 2. The van der Waals surface area contributed by atoms with Gasteiger partial charge < -0.3 is 10.6 Å². The van der Waals surface area contributed by atoms with E-state index in [9.17, 15) is 9.59 Å². The molecule has 2 amide bonds. The van der Waals surface area contributed by atoms with Gasteiger partial charge in [0.2, 0.25) is 5.91 Å². The lowest BCUT2D eigenvalue weighted by Crippen LogP contribution is -2.27. The number of hydrogen-bond acceptors (Lipinski definition) is 2. The van der Waals surface area contributed by atoms with Crippen molar-refractivity contribution in [2.75, 3.05) is 11.9 Å². The van der Waals surface area contributed by atoms with Gasteiger partial charge in [0, 0.05) is 12.5 Å². The highest BCUT2D eigenvalue weighted by Crippen LogP contribution is 2.19. The van der Waals surface area contributed by atoms with Crippen LogP contribution in [0.3, 0.4) is 0 Å². The standard InChI is InChI=1S/C19H30N2O2/c1-4-7-11-15(6-3)18(22)21-17-13-10-9-12-16(17)19(23)20-14-8-5-2/h9-10,12-13,15H,4-8,11,14H2,1-3H3,(H,20,23)(H,21,22). The molecule has 0 aliphatic carbocycles. The molecule has 1 unspecified atom stereocenters. The lowest BCUT2D eigenvalue weighted by Gasteiger charge is -2.16. The summed E-state index contributed by atoms with van der Waals surface area (Å²) in [6.45, 7) is 6.90. The van der Waals surface area contributed by atoms with Gasteiger partial charge in [-0.3, -0.25) is 9.59 Å². The summed E-state index contributed by atoms with van der Waals surface area (Å²) in [7, 11) is 0. The molecule has 1 rings (SSSR count). The quantitative estimate of drug-likeness (QED) is 0.629. The van der Waals surface area contributed by atoms with E-state index in [0.717, 1.165) is 38.5 Å². The van der Waals surface area contributed by atoms with Gasteiger partial charge >= 0.3 is 0 Å². The number of benzene rings is 1. The van der Waals surface area contributed by atoms with Crippen molar-refractivity contribution >= 4 is 17.5 Å². The third-order valence-electron chi connectivity index (χ3n) is 4.02. The lowest BCUT2D eigenvalue weighted by atomic mass is 9.98. The number of amides is 2. The van der Waals surface area contributed by atoms with Gasteiger partial charge in [0.15, 0.2) is 0 Å². The fraction of sp³-hybridized carbons (Fsp3) is 0.579. The first-order valence-corrected chi connectivity index (χ1v) is 8.82. The average molecular weight is 318 g/mol. The maximum absolute atomic E-state index is 12.4. The predicted octanol–water partition coefficient (Wildman–Crippen LogP) is 4.37. The van der Waals surface area contributed by atoms with Gasteiger partial charge in [-0.1, -0.05) is 52.2 Å². The molecular weight excluding hydrogens is 288 g/mol. The number of unbranched alkanes of at least 4 members (excludes halogenated alkanes) is 2. The second-order valence-corrected chi connectivity index (χ2v) is 5.89. The first-order valence-electron chi connectivity index (χ1n) is 8.82. The summed E-state index contributed by atoms with van der Waals surface area (Å²) < 4.78 is 0. The van der Waals surface area contributed by atoms with Gasteiger partial charge in [0.1, 0.15) is 0 Å². The number of para-hydroxylation sites is 1. The van der Waals surface area contributed by atoms with Crippen LogP contribution in [0.2, 0.25) is 0 Å². The molecular formula is C19H30N2O2. The second kappa shape index (κ2) is 10.8. The molecule has 0 spiro atoms. The van der Waals surface area contributed by atoms with Gasteiger partial charge in [-0.2, -0.15) is 0 Å². The van der Waals surface area contributed by atoms with E-state index in [1.165, 1.54) is 0 Å². The minimum atomic E-state index is -0.129. The van der Waals surface area contributed by atoms with E-state index in [1.54, 1.807) is 12.1 Å². The summed E-state index contributed by atoms with van der Waals surface area (Å²) in [5.41, 5.74) is 1.13. The van der Waals surface area contributed by atoms with Crippen molar-refractivity contribution in [3.05, 3.63) is 29.8 Å². The molecule has 0 aliphatic heterocycles. The summed E-state index contributed by atoms with van der Waals surface area (Å²) >= 11 is 0. The molecule has 0 radical (unpaired) electrons. The van der Waals surface area contributed by atoms with E-state index in [4.69, 9.17) is 0 Å². The minimum absolute atomic E-state index is 0.00570. The first-order chi connectivity index (χ1) is 11.1. The Kier molecular flexibility index (Phi) is 9.03. The number of rotatable bonds is 10. The molecule has 0 aliphatic rings. The average Bonchev–Trinajstić information content (AvgIpc) is 2.56. The van der Waals surface area contributed by atoms with Crippen molar-refractivity contribution in [2.45, 2.75) is 59.3 Å². The van der Waals surface area contributed by atoms with Crippen molar-refractivity contribution < 1.29 is 9.59 Å². The lowest BCUT2D eigenvalue weighted by molar-refractivity contribution is -0.120. The van der Waals surface area contributed by atoms with Crippen LogP contribution in [0.15, 0.2) is 24.3 Å². The SMILES string of the molecule is CCCCNC(=O)c1ccccc1NC(=O)C(CC)CCCC. The summed E-state index contributed by atoms with van der Waals surface area (Å²) in [4.78, 5) is 24.7. The normalized spacial score (nSPS) is 11.8. The Labute approximate surface area is 140 Å². The smallest absolute Gasteiger partial charge is 0.253 e. The monoisotopic (exact) mass is 318 g/mol. The van der Waals surface area contributed by atoms with Crippen molar-refractivity contribution in [2.24, 2.45) is 5.92 Å². The van der Waals surface area contributed by atoms with Crippen LogP contribution in [0, 0.1) is 5.92 Å². The Morgan fingerprint density at radius 2 is 1.74 bits per heavy atom. The molecule has 0 saturated heterocycles. The zero-order valence-corrected chi connectivity index (χ0v) is 14.7. The summed E-state index contributed by atoms with van der Waals surface area (Å²) in [5.74, 6) is -0.114. The molecule has 0 bridgehead atoms. The van der Waals surface area contributed by atoms with Crippen LogP contribution in [0.5, 0.6) is 0 Å². The maximum atomic E-state index is 12.4. The van der Waals surface area contributed by atoms with Crippen molar-refractivity contribution in [1.29, 1.82) is 0 Å². The third kappa shape index (κ3) is 6.43. The molecule has 0 fully saturated rings. The first kappa shape index (κ1) is 19.2. The van der Waals surface area contributed by atoms with E-state index in [-0.39, 0.29) is 17.7 Å². The van der Waals surface area contributed by atoms with E-state index >= 15 is 0 Å². The Bertz CT molecular complexity index is 500. The Morgan fingerprint density at radius 1 is 1.04 bits per heavy atom. The largest absolute Gasteiger partial charge is 0.352 e. The minimum Gasteiger partial charge on any atom is -0.352 e. The zero-order chi connectivity index (χ0) is 17.1. The molecule has 1 atom stereocenters. The Balaban J connectivity index is 2.76. The van der Waals surface area contributed by atoms with Crippen LogP contribution in [0.25, 0.3) is 0 Å². The van der Waals surface area contributed by atoms with E-state index in [2.05, 4.69) is 24.5 Å². The highest BCUT2D eigenvalue weighted by Gasteiger charge is 2.18. The van der Waals surface area contributed by atoms with Crippen LogP contribution >= 0.6 is 0 Å². The third-order valence-corrected chi connectivity index (χ3v) is 4.02. The highest BCUT2D eigenvalue weighted by molar-refractivity contribution is 6.04. The molecule has 1 aromatic rings. The molecule has 4 nitrogen and oxygen atoms in total. The van der Waals surface area contributed by atoms with Gasteiger partial charge in [-0.15, -0.1) is 0 Å². The van der Waals surface area contributed by atoms with Crippen LogP contribution in [0.1, 0.15) is 69.7 Å². The molecule has 0 aromatic heterocycles. The fourth-order valence-electron chi connectivity index (χ4n) is 2.47. The molecule has 4 heteroatoms. The molecule has 1 aromatic carbocycles. The predicted molar refractivity (Wildman–Crippen MR) is 95.6 cm³/mol. The van der Waals surface area contributed by atoms with Crippen molar-refractivity contribution in [3.63, 3.8) is 0 Å². The van der Waals surface area contributed by atoms with Crippen LogP contribution in [-0.2, 0) is 4.79 Å². The second-order valence-electron chi connectivity index (χ2n) is 5.89. The van der Waals surface area contributed by atoms with Crippen LogP contribution in [-0.4, -0.2) is 18.4 Å². The number of hydrogen-bond donors (Lipinski definition) is 2. The van der Waals surface area contributed by atoms with E-state index < -0.39 is 0 Å². The Morgan fingerprint density at radius 3 is 2.39 bits per heavy atom. The molecule has 128 valence electrons. The van der Waals surface area contributed by atoms with Gasteiger partial charge in [-0.05, 0) is 31.4 Å². The molecule has 0 saturated carbocycles.